The summed E-state index contributed by atoms with van der Waals surface area (Å²) in [5, 5.41) is 2.67. The molecule has 0 atom stereocenters. The Kier molecular flexibility index (Phi) is 5.70. The van der Waals surface area contributed by atoms with Crippen molar-refractivity contribution in [1.82, 2.24) is 5.32 Å². The van der Waals surface area contributed by atoms with E-state index in [1.807, 2.05) is 12.1 Å². The van der Waals surface area contributed by atoms with Gasteiger partial charge >= 0.3 is 5.97 Å². The highest BCUT2D eigenvalue weighted by molar-refractivity contribution is 5.96. The fourth-order valence-electron chi connectivity index (χ4n) is 1.77. The van der Waals surface area contributed by atoms with Crippen LogP contribution in [0.2, 0.25) is 0 Å². The molecule has 4 nitrogen and oxygen atoms in total. The van der Waals surface area contributed by atoms with Crippen LogP contribution in [-0.4, -0.2) is 18.5 Å². The van der Waals surface area contributed by atoms with E-state index in [0.717, 1.165) is 5.56 Å². The van der Waals surface area contributed by atoms with E-state index >= 15 is 0 Å². The Balaban J connectivity index is 2.74. The van der Waals surface area contributed by atoms with Crippen LogP contribution in [-0.2, 0) is 14.9 Å². The number of rotatable bonds is 4. The van der Waals surface area contributed by atoms with E-state index in [0.29, 0.717) is 17.9 Å². The van der Waals surface area contributed by atoms with Crippen molar-refractivity contribution in [3.63, 3.8) is 0 Å². The number of hydrogen-bond acceptors (Lipinski definition) is 3. The first-order valence-electron chi connectivity index (χ1n) is 7.01. The van der Waals surface area contributed by atoms with Crippen molar-refractivity contribution in [3.8, 4) is 0 Å². The summed E-state index contributed by atoms with van der Waals surface area (Å²) in [7, 11) is 0. The maximum atomic E-state index is 12.1. The van der Waals surface area contributed by atoms with E-state index in [-0.39, 0.29) is 11.3 Å². The van der Waals surface area contributed by atoms with E-state index in [9.17, 15) is 9.59 Å². The second kappa shape index (κ2) is 7.07. The van der Waals surface area contributed by atoms with Gasteiger partial charge in [-0.15, -0.1) is 0 Å². The van der Waals surface area contributed by atoms with Crippen molar-refractivity contribution < 1.29 is 14.3 Å². The molecule has 0 saturated heterocycles. The van der Waals surface area contributed by atoms with Crippen molar-refractivity contribution >= 4 is 11.9 Å². The molecule has 0 saturated carbocycles. The van der Waals surface area contributed by atoms with Crippen molar-refractivity contribution in [2.45, 2.75) is 40.0 Å². The molecule has 21 heavy (non-hydrogen) atoms. The van der Waals surface area contributed by atoms with Crippen molar-refractivity contribution in [2.75, 3.05) is 6.61 Å². The molecule has 0 fully saturated rings. The summed E-state index contributed by atoms with van der Waals surface area (Å²) in [5.41, 5.74) is 2.23. The van der Waals surface area contributed by atoms with E-state index in [1.54, 1.807) is 26.0 Å². The molecule has 1 N–H and O–H groups in total. The van der Waals surface area contributed by atoms with Crippen LogP contribution in [0.5, 0.6) is 0 Å². The Bertz CT molecular complexity index is 536. The minimum absolute atomic E-state index is 0.0503. The SMILES string of the molecule is CCOC(=O)C=C(C)NC(=O)c1ccc(C(C)(C)C)cc1. The molecule has 0 aliphatic carbocycles. The van der Waals surface area contributed by atoms with Gasteiger partial charge in [0, 0.05) is 17.3 Å². The van der Waals surface area contributed by atoms with Crippen LogP contribution in [0.1, 0.15) is 50.5 Å². The van der Waals surface area contributed by atoms with Gasteiger partial charge < -0.3 is 10.1 Å². The second-order valence-corrected chi connectivity index (χ2v) is 5.86. The van der Waals surface area contributed by atoms with Gasteiger partial charge in [-0.25, -0.2) is 4.79 Å². The largest absolute Gasteiger partial charge is 0.463 e. The molecule has 1 aromatic carbocycles. The highest BCUT2D eigenvalue weighted by Gasteiger charge is 2.14. The summed E-state index contributed by atoms with van der Waals surface area (Å²) in [6.45, 7) is 10.1. The fraction of sp³-hybridized carbons (Fsp3) is 0.412. The maximum absolute atomic E-state index is 12.1. The van der Waals surface area contributed by atoms with E-state index in [4.69, 9.17) is 4.74 Å². The second-order valence-electron chi connectivity index (χ2n) is 5.86. The van der Waals surface area contributed by atoms with Crippen LogP contribution in [0.25, 0.3) is 0 Å². The number of carbonyl (C=O) groups excluding carboxylic acids is 2. The predicted molar refractivity (Wildman–Crippen MR) is 83.0 cm³/mol. The summed E-state index contributed by atoms with van der Waals surface area (Å²) in [4.78, 5) is 23.3. The van der Waals surface area contributed by atoms with Gasteiger partial charge in [-0.05, 0) is 37.0 Å². The van der Waals surface area contributed by atoms with E-state index in [2.05, 4.69) is 26.1 Å². The molecule has 114 valence electrons. The first kappa shape index (κ1) is 17.0. The third-order valence-electron chi connectivity index (χ3n) is 2.94. The number of hydrogen-bond donors (Lipinski definition) is 1. The summed E-state index contributed by atoms with van der Waals surface area (Å²) in [5.74, 6) is -0.702. The number of allylic oxidation sites excluding steroid dienone is 1. The topological polar surface area (TPSA) is 55.4 Å². The molecule has 0 aliphatic heterocycles. The smallest absolute Gasteiger partial charge is 0.332 e. The Morgan fingerprint density at radius 2 is 1.76 bits per heavy atom. The van der Waals surface area contributed by atoms with Crippen LogP contribution in [0.15, 0.2) is 36.0 Å². The van der Waals surface area contributed by atoms with E-state index < -0.39 is 5.97 Å². The number of ether oxygens (including phenoxy) is 1. The monoisotopic (exact) mass is 289 g/mol. The van der Waals surface area contributed by atoms with Crippen LogP contribution < -0.4 is 5.32 Å². The summed E-state index contributed by atoms with van der Waals surface area (Å²) >= 11 is 0. The first-order chi connectivity index (χ1) is 9.74. The van der Waals surface area contributed by atoms with Gasteiger partial charge in [0.25, 0.3) is 5.91 Å². The third-order valence-corrected chi connectivity index (χ3v) is 2.94. The Morgan fingerprint density at radius 1 is 1.19 bits per heavy atom. The Morgan fingerprint density at radius 3 is 2.24 bits per heavy atom. The Labute approximate surface area is 126 Å². The van der Waals surface area contributed by atoms with Gasteiger partial charge in [-0.2, -0.15) is 0 Å². The molecule has 0 spiro atoms. The zero-order chi connectivity index (χ0) is 16.0. The minimum Gasteiger partial charge on any atom is -0.463 e. The average Bonchev–Trinajstić information content (AvgIpc) is 2.37. The zero-order valence-corrected chi connectivity index (χ0v) is 13.3. The molecule has 1 aromatic rings. The van der Waals surface area contributed by atoms with Crippen LogP contribution >= 0.6 is 0 Å². The normalized spacial score (nSPS) is 12.0. The zero-order valence-electron chi connectivity index (χ0n) is 13.3. The lowest BCUT2D eigenvalue weighted by Crippen LogP contribution is -2.22. The Hall–Kier alpha value is -2.10. The summed E-state index contributed by atoms with van der Waals surface area (Å²) in [6.07, 6.45) is 1.27. The molecular formula is C17H23NO3. The van der Waals surface area contributed by atoms with Crippen LogP contribution in [0.4, 0.5) is 0 Å². The van der Waals surface area contributed by atoms with Gasteiger partial charge in [-0.3, -0.25) is 4.79 Å². The van der Waals surface area contributed by atoms with E-state index in [1.165, 1.54) is 6.08 Å². The standard InChI is InChI=1S/C17H23NO3/c1-6-21-15(19)11-12(2)18-16(20)13-7-9-14(10-8-13)17(3,4)5/h7-11H,6H2,1-5H3,(H,18,20). The fourth-order valence-corrected chi connectivity index (χ4v) is 1.77. The van der Waals surface area contributed by atoms with Crippen molar-refractivity contribution in [1.29, 1.82) is 0 Å². The lowest BCUT2D eigenvalue weighted by Gasteiger charge is -2.19. The predicted octanol–water partition coefficient (Wildman–Crippen LogP) is 3.18. The lowest BCUT2D eigenvalue weighted by atomic mass is 9.87. The molecule has 1 rings (SSSR count). The molecule has 1 amide bonds. The van der Waals surface area contributed by atoms with Crippen molar-refractivity contribution in [2.24, 2.45) is 0 Å². The lowest BCUT2D eigenvalue weighted by molar-refractivity contribution is -0.137. The maximum Gasteiger partial charge on any atom is 0.332 e. The molecule has 0 unspecified atom stereocenters. The number of amides is 1. The van der Waals surface area contributed by atoms with Gasteiger partial charge in [-0.1, -0.05) is 32.9 Å². The van der Waals surface area contributed by atoms with Crippen LogP contribution in [0, 0.1) is 0 Å². The summed E-state index contributed by atoms with van der Waals surface area (Å²) in [6, 6.07) is 7.46. The number of carbonyl (C=O) groups is 2. The average molecular weight is 289 g/mol. The highest BCUT2D eigenvalue weighted by atomic mass is 16.5. The molecular weight excluding hydrogens is 266 g/mol. The molecule has 0 bridgehead atoms. The molecule has 0 heterocycles. The highest BCUT2D eigenvalue weighted by Crippen LogP contribution is 2.22. The minimum atomic E-state index is -0.460. The third kappa shape index (κ3) is 5.42. The number of nitrogens with one attached hydrogen (secondary N) is 1. The number of benzene rings is 1. The summed E-state index contributed by atoms with van der Waals surface area (Å²) < 4.78 is 4.79. The number of esters is 1. The molecule has 4 heteroatoms. The molecule has 0 radical (unpaired) electrons. The first-order valence-corrected chi connectivity index (χ1v) is 7.01. The quantitative estimate of drug-likeness (QED) is 0.684. The van der Waals surface area contributed by atoms with Crippen molar-refractivity contribution in [3.05, 3.63) is 47.2 Å². The van der Waals surface area contributed by atoms with Crippen LogP contribution in [0.3, 0.4) is 0 Å². The molecule has 0 aromatic heterocycles. The van der Waals surface area contributed by atoms with Gasteiger partial charge in [0.15, 0.2) is 0 Å². The van der Waals surface area contributed by atoms with Gasteiger partial charge in [0.05, 0.1) is 6.61 Å². The van der Waals surface area contributed by atoms with Gasteiger partial charge in [0.2, 0.25) is 0 Å². The molecule has 0 aliphatic rings. The van der Waals surface area contributed by atoms with Gasteiger partial charge in [0.1, 0.15) is 0 Å².